The van der Waals surface area contributed by atoms with Gasteiger partial charge in [0.15, 0.2) is 0 Å². The third-order valence-corrected chi connectivity index (χ3v) is 3.55. The third kappa shape index (κ3) is 4.82. The average molecular weight is 294 g/mol. The van der Waals surface area contributed by atoms with Crippen molar-refractivity contribution in [3.8, 4) is 5.75 Å². The van der Waals surface area contributed by atoms with Crippen LogP contribution in [0.4, 0.5) is 10.5 Å². The van der Waals surface area contributed by atoms with Gasteiger partial charge in [0.2, 0.25) is 0 Å². The molecule has 0 spiro atoms. The molecule has 1 fully saturated rings. The van der Waals surface area contributed by atoms with Crippen molar-refractivity contribution in [2.24, 2.45) is 0 Å². The largest absolute Gasteiger partial charge is 0.491 e. The number of piperidine rings is 1. The average Bonchev–Trinajstić information content (AvgIpc) is 2.50. The Morgan fingerprint density at radius 3 is 2.52 bits per heavy atom. The summed E-state index contributed by atoms with van der Waals surface area (Å²) in [5, 5.41) is 12.4. The normalized spacial score (nSPS) is 15.8. The monoisotopic (exact) mass is 294 g/mol. The number of likely N-dealkylation sites (tertiary alicyclic amines) is 1. The van der Waals surface area contributed by atoms with Crippen molar-refractivity contribution >= 4 is 11.8 Å². The lowest BCUT2D eigenvalue weighted by Crippen LogP contribution is -2.41. The summed E-state index contributed by atoms with van der Waals surface area (Å²) in [6.45, 7) is 2.29. The van der Waals surface area contributed by atoms with Crippen molar-refractivity contribution in [3.63, 3.8) is 0 Å². The first-order valence-electron chi connectivity index (χ1n) is 7.15. The van der Waals surface area contributed by atoms with E-state index in [2.05, 4.69) is 5.32 Å². The maximum Gasteiger partial charge on any atom is 0.407 e. The molecule has 0 aromatic heterocycles. The van der Waals surface area contributed by atoms with E-state index in [1.165, 1.54) is 4.90 Å². The highest BCUT2D eigenvalue weighted by Gasteiger charge is 2.21. The first-order valence-corrected chi connectivity index (χ1v) is 7.15. The van der Waals surface area contributed by atoms with E-state index in [4.69, 9.17) is 14.6 Å². The molecule has 0 aliphatic carbocycles. The fraction of sp³-hybridized carbons (Fsp3) is 0.533. The first kappa shape index (κ1) is 15.4. The standard InChI is InChI=1S/C15H22N2O4/c1-20-10-11-21-14-4-2-12(3-5-14)16-13-6-8-17(9-7-13)15(18)19/h2-5,13,16H,6-11H2,1H3,(H,18,19). The molecule has 6 heteroatoms. The van der Waals surface area contributed by atoms with Crippen LogP contribution in [0.15, 0.2) is 24.3 Å². The van der Waals surface area contributed by atoms with Crippen molar-refractivity contribution in [3.05, 3.63) is 24.3 Å². The van der Waals surface area contributed by atoms with E-state index in [9.17, 15) is 4.79 Å². The molecule has 0 bridgehead atoms. The van der Waals surface area contributed by atoms with Crippen molar-refractivity contribution in [2.75, 3.05) is 38.7 Å². The molecule has 21 heavy (non-hydrogen) atoms. The molecule has 1 aliphatic heterocycles. The van der Waals surface area contributed by atoms with E-state index in [1.807, 2.05) is 24.3 Å². The minimum Gasteiger partial charge on any atom is -0.491 e. The fourth-order valence-corrected chi connectivity index (χ4v) is 2.34. The minimum absolute atomic E-state index is 0.320. The molecule has 1 aromatic carbocycles. The van der Waals surface area contributed by atoms with Gasteiger partial charge in [0, 0.05) is 31.9 Å². The zero-order valence-electron chi connectivity index (χ0n) is 12.2. The maximum atomic E-state index is 10.8. The van der Waals surface area contributed by atoms with Gasteiger partial charge in [-0.05, 0) is 37.1 Å². The Kier molecular flexibility index (Phi) is 5.68. The van der Waals surface area contributed by atoms with Crippen molar-refractivity contribution < 1.29 is 19.4 Å². The highest BCUT2D eigenvalue weighted by atomic mass is 16.5. The number of hydrogen-bond donors (Lipinski definition) is 2. The zero-order valence-corrected chi connectivity index (χ0v) is 12.2. The van der Waals surface area contributed by atoms with Gasteiger partial charge in [-0.15, -0.1) is 0 Å². The molecule has 0 saturated carbocycles. The smallest absolute Gasteiger partial charge is 0.407 e. The van der Waals surface area contributed by atoms with E-state index in [0.717, 1.165) is 24.3 Å². The highest BCUT2D eigenvalue weighted by Crippen LogP contribution is 2.19. The zero-order chi connectivity index (χ0) is 15.1. The van der Waals surface area contributed by atoms with Gasteiger partial charge in [-0.3, -0.25) is 0 Å². The number of nitrogens with zero attached hydrogens (tertiary/aromatic N) is 1. The Labute approximate surface area is 124 Å². The van der Waals surface area contributed by atoms with Crippen molar-refractivity contribution in [2.45, 2.75) is 18.9 Å². The molecule has 0 radical (unpaired) electrons. The lowest BCUT2D eigenvalue weighted by atomic mass is 10.1. The molecule has 2 rings (SSSR count). The summed E-state index contributed by atoms with van der Waals surface area (Å²) in [6.07, 6.45) is 0.836. The van der Waals surface area contributed by atoms with E-state index in [-0.39, 0.29) is 0 Å². The molecule has 1 heterocycles. The number of methoxy groups -OCH3 is 1. The van der Waals surface area contributed by atoms with Crippen LogP contribution in [-0.2, 0) is 4.74 Å². The van der Waals surface area contributed by atoms with Crippen LogP contribution in [0.2, 0.25) is 0 Å². The Morgan fingerprint density at radius 2 is 1.95 bits per heavy atom. The van der Waals surface area contributed by atoms with E-state index in [1.54, 1.807) is 7.11 Å². The quantitative estimate of drug-likeness (QED) is 0.788. The van der Waals surface area contributed by atoms with Crippen LogP contribution in [0.5, 0.6) is 5.75 Å². The second-order valence-electron chi connectivity index (χ2n) is 5.05. The summed E-state index contributed by atoms with van der Waals surface area (Å²) in [6, 6.07) is 8.12. The number of amides is 1. The second kappa shape index (κ2) is 7.73. The van der Waals surface area contributed by atoms with Gasteiger partial charge in [-0.25, -0.2) is 4.79 Å². The summed E-state index contributed by atoms with van der Waals surface area (Å²) >= 11 is 0. The number of carboxylic acid groups (broad SMARTS) is 1. The molecular weight excluding hydrogens is 272 g/mol. The van der Waals surface area contributed by atoms with Gasteiger partial charge >= 0.3 is 6.09 Å². The Hall–Kier alpha value is -1.95. The Balaban J connectivity index is 1.77. The fourth-order valence-electron chi connectivity index (χ4n) is 2.34. The summed E-state index contributed by atoms with van der Waals surface area (Å²) < 4.78 is 10.4. The predicted molar refractivity (Wildman–Crippen MR) is 80.1 cm³/mol. The van der Waals surface area contributed by atoms with Crippen LogP contribution < -0.4 is 10.1 Å². The molecule has 1 amide bonds. The van der Waals surface area contributed by atoms with Gasteiger partial charge < -0.3 is 24.8 Å². The number of benzene rings is 1. The minimum atomic E-state index is -0.828. The number of anilines is 1. The number of carbonyl (C=O) groups is 1. The molecule has 6 nitrogen and oxygen atoms in total. The van der Waals surface area contributed by atoms with Crippen LogP contribution in [0.3, 0.4) is 0 Å². The van der Waals surface area contributed by atoms with E-state index < -0.39 is 6.09 Å². The van der Waals surface area contributed by atoms with Crippen molar-refractivity contribution in [1.29, 1.82) is 0 Å². The number of ether oxygens (including phenoxy) is 2. The molecule has 1 aliphatic rings. The Bertz CT molecular complexity index is 441. The van der Waals surface area contributed by atoms with E-state index >= 15 is 0 Å². The highest BCUT2D eigenvalue weighted by molar-refractivity contribution is 5.65. The third-order valence-electron chi connectivity index (χ3n) is 3.55. The molecule has 116 valence electrons. The Morgan fingerprint density at radius 1 is 1.29 bits per heavy atom. The molecule has 0 atom stereocenters. The molecule has 0 unspecified atom stereocenters. The van der Waals surface area contributed by atoms with Crippen LogP contribution in [0, 0.1) is 0 Å². The number of rotatable bonds is 6. The van der Waals surface area contributed by atoms with Crippen LogP contribution >= 0.6 is 0 Å². The number of nitrogens with one attached hydrogen (secondary N) is 1. The molecule has 1 saturated heterocycles. The molecule has 2 N–H and O–H groups in total. The van der Waals surface area contributed by atoms with E-state index in [0.29, 0.717) is 32.3 Å². The summed E-state index contributed by atoms with van der Waals surface area (Å²) in [5.74, 6) is 0.818. The number of hydrogen-bond acceptors (Lipinski definition) is 4. The van der Waals surface area contributed by atoms with Crippen LogP contribution in [0.25, 0.3) is 0 Å². The van der Waals surface area contributed by atoms with Gasteiger partial charge in [-0.2, -0.15) is 0 Å². The van der Waals surface area contributed by atoms with Crippen LogP contribution in [-0.4, -0.2) is 55.6 Å². The summed E-state index contributed by atoms with van der Waals surface area (Å²) in [5.41, 5.74) is 1.03. The topological polar surface area (TPSA) is 71.0 Å². The van der Waals surface area contributed by atoms with Gasteiger partial charge in [0.1, 0.15) is 12.4 Å². The lowest BCUT2D eigenvalue weighted by molar-refractivity contribution is 0.134. The van der Waals surface area contributed by atoms with Gasteiger partial charge in [-0.1, -0.05) is 0 Å². The second-order valence-corrected chi connectivity index (χ2v) is 5.05. The van der Waals surface area contributed by atoms with Gasteiger partial charge in [0.05, 0.1) is 6.61 Å². The predicted octanol–water partition coefficient (Wildman–Crippen LogP) is 2.27. The van der Waals surface area contributed by atoms with Crippen LogP contribution in [0.1, 0.15) is 12.8 Å². The van der Waals surface area contributed by atoms with Crippen molar-refractivity contribution in [1.82, 2.24) is 4.90 Å². The maximum absolute atomic E-state index is 10.8. The molecular formula is C15H22N2O4. The summed E-state index contributed by atoms with van der Waals surface area (Å²) in [7, 11) is 1.64. The summed E-state index contributed by atoms with van der Waals surface area (Å²) in [4.78, 5) is 12.3. The SMILES string of the molecule is COCCOc1ccc(NC2CCN(C(=O)O)CC2)cc1. The molecule has 1 aromatic rings. The lowest BCUT2D eigenvalue weighted by Gasteiger charge is -2.31. The van der Waals surface area contributed by atoms with Gasteiger partial charge in [0.25, 0.3) is 0 Å². The first-order chi connectivity index (χ1) is 10.2.